The van der Waals surface area contributed by atoms with Crippen LogP contribution in [0, 0.1) is 25.7 Å². The van der Waals surface area contributed by atoms with Gasteiger partial charge in [-0.1, -0.05) is 51.2 Å². The molecule has 1 aliphatic carbocycles. The fraction of sp³-hybridized carbons (Fsp3) is 0.658. The van der Waals surface area contributed by atoms with E-state index < -0.39 is 0 Å². The molecule has 1 spiro atoms. The number of nitrogens with zero attached hydrogens (tertiary/aromatic N) is 4. The first kappa shape index (κ1) is 32.0. The average Bonchev–Trinajstić information content (AvgIpc) is 3.07. The van der Waals surface area contributed by atoms with Gasteiger partial charge < -0.3 is 14.5 Å². The third kappa shape index (κ3) is 6.94. The zero-order valence-corrected chi connectivity index (χ0v) is 27.9. The largest absolute Gasteiger partial charge is 0.442 e. The summed E-state index contributed by atoms with van der Waals surface area (Å²) >= 11 is 0. The number of likely N-dealkylation sites (tertiary alicyclic amines) is 2. The molecule has 6 rings (SSSR count). The van der Waals surface area contributed by atoms with Crippen LogP contribution in [0.3, 0.4) is 0 Å². The van der Waals surface area contributed by atoms with Crippen molar-refractivity contribution in [3.63, 3.8) is 0 Å². The smallest absolute Gasteiger partial charge is 0.410 e. The molecule has 45 heavy (non-hydrogen) atoms. The van der Waals surface area contributed by atoms with Gasteiger partial charge in [-0.2, -0.15) is 0 Å². The van der Waals surface area contributed by atoms with Gasteiger partial charge in [0.1, 0.15) is 5.60 Å². The number of amides is 2. The highest BCUT2D eigenvalue weighted by atomic mass is 16.6. The topological polar surface area (TPSA) is 66.0 Å². The summed E-state index contributed by atoms with van der Waals surface area (Å²) in [5.74, 6) is 1.22. The van der Waals surface area contributed by atoms with Gasteiger partial charge in [0.05, 0.1) is 0 Å². The number of benzene rings is 1. The molecule has 1 atom stereocenters. The van der Waals surface area contributed by atoms with Crippen molar-refractivity contribution in [2.45, 2.75) is 109 Å². The molecule has 4 aliphatic rings. The Labute approximate surface area is 270 Å². The van der Waals surface area contributed by atoms with Gasteiger partial charge in [0.2, 0.25) is 0 Å². The number of carbonyl (C=O) groups is 2. The van der Waals surface area contributed by atoms with E-state index >= 15 is 0 Å². The van der Waals surface area contributed by atoms with Gasteiger partial charge in [-0.3, -0.25) is 14.7 Å². The second-order valence-electron chi connectivity index (χ2n) is 14.4. The standard InChI is InChI=1S/C38H54N4O3/c1-4-5-11-32-27-42(26-30-9-7-6-8-10-30)37(44)45-38(32)18-24-40(25-19-38)33-16-22-41(23-17-33)36(43)35-28(2)12-13-34(29(35)3)31-14-20-39-21-15-31/h12-15,20-21,30,32-33H,4-11,16-19,22-27H2,1-3H3. The molecule has 7 nitrogen and oxygen atoms in total. The van der Waals surface area contributed by atoms with Crippen LogP contribution in [0.2, 0.25) is 0 Å². The molecule has 1 aromatic heterocycles. The Balaban J connectivity index is 1.05. The van der Waals surface area contributed by atoms with E-state index in [0.29, 0.717) is 17.9 Å². The van der Waals surface area contributed by atoms with Gasteiger partial charge in [0, 0.05) is 82.0 Å². The van der Waals surface area contributed by atoms with Crippen molar-refractivity contribution in [1.82, 2.24) is 19.7 Å². The van der Waals surface area contributed by atoms with Gasteiger partial charge >= 0.3 is 6.09 Å². The molecule has 244 valence electrons. The first-order chi connectivity index (χ1) is 21.9. The van der Waals surface area contributed by atoms with Crippen molar-refractivity contribution in [2.75, 3.05) is 39.3 Å². The summed E-state index contributed by atoms with van der Waals surface area (Å²) in [6, 6.07) is 8.69. The van der Waals surface area contributed by atoms with E-state index in [1.807, 2.05) is 19.1 Å². The monoisotopic (exact) mass is 614 g/mol. The van der Waals surface area contributed by atoms with E-state index in [1.54, 1.807) is 12.4 Å². The Hall–Kier alpha value is -2.93. The van der Waals surface area contributed by atoms with Crippen LogP contribution in [0.5, 0.6) is 0 Å². The first-order valence-electron chi connectivity index (χ1n) is 17.9. The second kappa shape index (κ2) is 14.2. The maximum absolute atomic E-state index is 13.9. The number of pyridine rings is 1. The summed E-state index contributed by atoms with van der Waals surface area (Å²) in [5.41, 5.74) is 4.81. The average molecular weight is 615 g/mol. The number of piperidine rings is 2. The lowest BCUT2D eigenvalue weighted by Gasteiger charge is -2.52. The normalized spacial score (nSPS) is 23.4. The van der Waals surface area contributed by atoms with Crippen LogP contribution < -0.4 is 0 Å². The molecule has 0 N–H and O–H groups in total. The minimum Gasteiger partial charge on any atom is -0.442 e. The van der Waals surface area contributed by atoms with Crippen molar-refractivity contribution in [3.05, 3.63) is 53.3 Å². The fourth-order valence-electron chi connectivity index (χ4n) is 8.85. The van der Waals surface area contributed by atoms with E-state index in [9.17, 15) is 9.59 Å². The van der Waals surface area contributed by atoms with Crippen molar-refractivity contribution >= 4 is 12.0 Å². The Kier molecular flexibility index (Phi) is 10.1. The van der Waals surface area contributed by atoms with E-state index in [2.05, 4.69) is 45.7 Å². The predicted octanol–water partition coefficient (Wildman–Crippen LogP) is 7.64. The van der Waals surface area contributed by atoms with Gasteiger partial charge in [-0.25, -0.2) is 4.79 Å². The van der Waals surface area contributed by atoms with Crippen LogP contribution in [0.1, 0.15) is 105 Å². The lowest BCUT2D eigenvalue weighted by atomic mass is 9.75. The zero-order valence-electron chi connectivity index (χ0n) is 27.9. The molecule has 4 fully saturated rings. The Morgan fingerprint density at radius 1 is 0.956 bits per heavy atom. The molecule has 1 unspecified atom stereocenters. The minimum absolute atomic E-state index is 0.0628. The minimum atomic E-state index is -0.308. The van der Waals surface area contributed by atoms with Gasteiger partial charge in [-0.15, -0.1) is 0 Å². The summed E-state index contributed by atoms with van der Waals surface area (Å²) in [4.78, 5) is 38.1. The molecule has 0 bridgehead atoms. The number of hydrogen-bond donors (Lipinski definition) is 0. The maximum atomic E-state index is 13.9. The number of hydrogen-bond acceptors (Lipinski definition) is 5. The van der Waals surface area contributed by atoms with E-state index in [0.717, 1.165) is 99.2 Å². The molecular formula is C38H54N4O3. The summed E-state index contributed by atoms with van der Waals surface area (Å²) in [5, 5.41) is 0. The summed E-state index contributed by atoms with van der Waals surface area (Å²) in [7, 11) is 0. The van der Waals surface area contributed by atoms with Gasteiger partial charge in [0.25, 0.3) is 5.91 Å². The Morgan fingerprint density at radius 3 is 2.36 bits per heavy atom. The molecule has 1 aromatic carbocycles. The van der Waals surface area contributed by atoms with Crippen LogP contribution in [-0.2, 0) is 4.74 Å². The molecule has 2 aromatic rings. The molecule has 0 radical (unpaired) electrons. The van der Waals surface area contributed by atoms with E-state index in [1.165, 1.54) is 44.9 Å². The third-order valence-electron chi connectivity index (χ3n) is 11.6. The Morgan fingerprint density at radius 2 is 1.67 bits per heavy atom. The number of aromatic nitrogens is 1. The van der Waals surface area contributed by atoms with Crippen LogP contribution in [-0.4, -0.2) is 82.6 Å². The van der Waals surface area contributed by atoms with Crippen LogP contribution in [0.4, 0.5) is 4.79 Å². The maximum Gasteiger partial charge on any atom is 0.410 e. The van der Waals surface area contributed by atoms with E-state index in [-0.39, 0.29) is 17.6 Å². The molecule has 7 heteroatoms. The number of unbranched alkanes of at least 4 members (excludes halogenated alkanes) is 1. The number of rotatable bonds is 8. The number of ether oxygens (including phenoxy) is 1. The molecule has 3 saturated heterocycles. The summed E-state index contributed by atoms with van der Waals surface area (Å²) < 4.78 is 6.48. The highest BCUT2D eigenvalue weighted by molar-refractivity contribution is 5.99. The van der Waals surface area contributed by atoms with Crippen LogP contribution in [0.25, 0.3) is 11.1 Å². The van der Waals surface area contributed by atoms with Gasteiger partial charge in [0.15, 0.2) is 0 Å². The number of carbonyl (C=O) groups excluding carboxylic acids is 2. The third-order valence-corrected chi connectivity index (χ3v) is 11.6. The Bertz CT molecular complexity index is 1310. The van der Waals surface area contributed by atoms with Gasteiger partial charge in [-0.05, 0) is 86.3 Å². The van der Waals surface area contributed by atoms with Crippen LogP contribution in [0.15, 0.2) is 36.7 Å². The van der Waals surface area contributed by atoms with Crippen molar-refractivity contribution < 1.29 is 14.3 Å². The fourth-order valence-corrected chi connectivity index (χ4v) is 8.85. The van der Waals surface area contributed by atoms with E-state index in [4.69, 9.17) is 4.74 Å². The van der Waals surface area contributed by atoms with Crippen molar-refractivity contribution in [1.29, 1.82) is 0 Å². The van der Waals surface area contributed by atoms with Crippen molar-refractivity contribution in [3.8, 4) is 11.1 Å². The summed E-state index contributed by atoms with van der Waals surface area (Å²) in [6.45, 7) is 11.7. The zero-order chi connectivity index (χ0) is 31.4. The molecule has 3 aliphatic heterocycles. The lowest BCUT2D eigenvalue weighted by Crippen LogP contribution is -2.61. The molecule has 4 heterocycles. The summed E-state index contributed by atoms with van der Waals surface area (Å²) in [6.07, 6.45) is 17.4. The van der Waals surface area contributed by atoms with Crippen molar-refractivity contribution in [2.24, 2.45) is 11.8 Å². The SMILES string of the molecule is CCCCC1CN(CC2CCCCC2)C(=O)OC12CCN(C1CCN(C(=O)c3c(C)ccc(-c4ccncc4)c3C)CC1)CC2. The highest BCUT2D eigenvalue weighted by Crippen LogP contribution is 2.42. The molecule has 2 amide bonds. The lowest BCUT2D eigenvalue weighted by molar-refractivity contribution is -0.127. The molecular weight excluding hydrogens is 560 g/mol. The first-order valence-corrected chi connectivity index (χ1v) is 17.9. The predicted molar refractivity (Wildman–Crippen MR) is 179 cm³/mol. The van der Waals surface area contributed by atoms with Crippen LogP contribution >= 0.6 is 0 Å². The quantitative estimate of drug-likeness (QED) is 0.306. The highest BCUT2D eigenvalue weighted by Gasteiger charge is 2.50. The number of aryl methyl sites for hydroxylation is 1. The molecule has 1 saturated carbocycles. The second-order valence-corrected chi connectivity index (χ2v) is 14.4.